The molecule has 3 nitrogen and oxygen atoms in total. The third kappa shape index (κ3) is 13.1. The summed E-state index contributed by atoms with van der Waals surface area (Å²) in [4.78, 5) is 10.3. The van der Waals surface area contributed by atoms with E-state index in [0.29, 0.717) is 12.8 Å². The predicted molar refractivity (Wildman–Crippen MR) is 83.6 cm³/mol. The van der Waals surface area contributed by atoms with Crippen molar-refractivity contribution in [3.05, 3.63) is 36.5 Å². The van der Waals surface area contributed by atoms with E-state index < -0.39 is 12.1 Å². The average molecular weight is 280 g/mol. The van der Waals surface area contributed by atoms with Crippen LogP contribution in [0.4, 0.5) is 0 Å². The number of rotatable bonds is 11. The van der Waals surface area contributed by atoms with Crippen LogP contribution in [0.3, 0.4) is 0 Å². The number of carboxylic acids is 1. The lowest BCUT2D eigenvalue weighted by atomic mass is 10.1. The zero-order valence-electron chi connectivity index (χ0n) is 12.7. The van der Waals surface area contributed by atoms with Crippen LogP contribution in [-0.4, -0.2) is 22.3 Å². The molecule has 20 heavy (non-hydrogen) atoms. The summed E-state index contributed by atoms with van der Waals surface area (Å²) in [6.07, 6.45) is 15.6. The van der Waals surface area contributed by atoms with Crippen molar-refractivity contribution in [1.82, 2.24) is 0 Å². The van der Waals surface area contributed by atoms with Gasteiger partial charge in [-0.25, -0.2) is 0 Å². The van der Waals surface area contributed by atoms with Gasteiger partial charge in [-0.2, -0.15) is 0 Å². The first-order chi connectivity index (χ1) is 9.56. The van der Waals surface area contributed by atoms with Crippen LogP contribution >= 0.6 is 0 Å². The summed E-state index contributed by atoms with van der Waals surface area (Å²) in [5.41, 5.74) is 0. The maximum Gasteiger partial charge on any atom is 0.303 e. The van der Waals surface area contributed by atoms with Crippen LogP contribution in [0.15, 0.2) is 36.5 Å². The summed E-state index contributed by atoms with van der Waals surface area (Å²) in [7, 11) is 0. The number of carboxylic acid groups (broad SMARTS) is 1. The van der Waals surface area contributed by atoms with Gasteiger partial charge in [-0.3, -0.25) is 4.79 Å². The Hall–Kier alpha value is -1.35. The summed E-state index contributed by atoms with van der Waals surface area (Å²) in [6, 6.07) is 0. The van der Waals surface area contributed by atoms with Gasteiger partial charge >= 0.3 is 5.97 Å². The number of allylic oxidation sites excluding steroid dienone is 5. The molecule has 2 atom stereocenters. The lowest BCUT2D eigenvalue weighted by Crippen LogP contribution is -2.03. The molecule has 0 saturated heterocycles. The molecule has 0 aromatic heterocycles. The van der Waals surface area contributed by atoms with Crippen molar-refractivity contribution in [3.8, 4) is 0 Å². The Kier molecular flexibility index (Phi) is 11.8. The van der Waals surface area contributed by atoms with E-state index in [2.05, 4.69) is 26.0 Å². The minimum atomic E-state index is -0.815. The van der Waals surface area contributed by atoms with Gasteiger partial charge in [-0.05, 0) is 31.6 Å². The van der Waals surface area contributed by atoms with Crippen LogP contribution in [0, 0.1) is 5.92 Å². The molecule has 0 aliphatic rings. The van der Waals surface area contributed by atoms with Gasteiger partial charge in [0.2, 0.25) is 0 Å². The largest absolute Gasteiger partial charge is 0.481 e. The van der Waals surface area contributed by atoms with Gasteiger partial charge < -0.3 is 10.2 Å². The molecule has 0 fully saturated rings. The molecule has 0 heterocycles. The molecule has 2 unspecified atom stereocenters. The third-order valence-corrected chi connectivity index (χ3v) is 3.15. The lowest BCUT2D eigenvalue weighted by Gasteiger charge is -2.02. The van der Waals surface area contributed by atoms with E-state index >= 15 is 0 Å². The van der Waals surface area contributed by atoms with Gasteiger partial charge in [0, 0.05) is 6.42 Å². The van der Waals surface area contributed by atoms with Gasteiger partial charge in [-0.15, -0.1) is 0 Å². The molecule has 0 amide bonds. The first-order valence-corrected chi connectivity index (χ1v) is 7.44. The lowest BCUT2D eigenvalue weighted by molar-refractivity contribution is -0.137. The van der Waals surface area contributed by atoms with Gasteiger partial charge in [0.1, 0.15) is 0 Å². The normalized spacial score (nSPS) is 15.3. The Morgan fingerprint density at radius 3 is 2.60 bits per heavy atom. The van der Waals surface area contributed by atoms with Crippen molar-refractivity contribution < 1.29 is 15.0 Å². The van der Waals surface area contributed by atoms with Crippen molar-refractivity contribution in [2.45, 2.75) is 58.5 Å². The molecule has 114 valence electrons. The number of carbonyl (C=O) groups is 1. The summed E-state index contributed by atoms with van der Waals surface area (Å²) >= 11 is 0. The Morgan fingerprint density at radius 2 is 1.95 bits per heavy atom. The molecular weight excluding hydrogens is 252 g/mol. The highest BCUT2D eigenvalue weighted by atomic mass is 16.4. The molecule has 0 rings (SSSR count). The van der Waals surface area contributed by atoms with E-state index in [1.807, 2.05) is 18.2 Å². The zero-order chi connectivity index (χ0) is 15.2. The van der Waals surface area contributed by atoms with Gasteiger partial charge in [0.25, 0.3) is 0 Å². The van der Waals surface area contributed by atoms with E-state index in [-0.39, 0.29) is 6.42 Å². The van der Waals surface area contributed by atoms with Crippen LogP contribution < -0.4 is 0 Å². The van der Waals surface area contributed by atoms with E-state index in [9.17, 15) is 9.90 Å². The van der Waals surface area contributed by atoms with Gasteiger partial charge in [0.05, 0.1) is 6.10 Å². The second kappa shape index (κ2) is 12.7. The zero-order valence-corrected chi connectivity index (χ0v) is 12.7. The Bertz CT molecular complexity index is 329. The monoisotopic (exact) mass is 280 g/mol. The smallest absolute Gasteiger partial charge is 0.303 e. The van der Waals surface area contributed by atoms with E-state index in [4.69, 9.17) is 5.11 Å². The topological polar surface area (TPSA) is 57.5 Å². The molecule has 0 bridgehead atoms. The van der Waals surface area contributed by atoms with Crippen molar-refractivity contribution in [2.75, 3.05) is 0 Å². The molecule has 0 aliphatic heterocycles. The number of hydrogen-bond acceptors (Lipinski definition) is 2. The molecule has 0 radical (unpaired) electrons. The minimum absolute atomic E-state index is 0.113. The highest BCUT2D eigenvalue weighted by Crippen LogP contribution is 2.07. The minimum Gasteiger partial charge on any atom is -0.481 e. The fourth-order valence-corrected chi connectivity index (χ4v) is 1.58. The second-order valence-electron chi connectivity index (χ2n) is 5.12. The molecule has 0 saturated carbocycles. The van der Waals surface area contributed by atoms with Crippen molar-refractivity contribution in [3.63, 3.8) is 0 Å². The first kappa shape index (κ1) is 18.7. The highest BCUT2D eigenvalue weighted by molar-refractivity contribution is 5.66. The van der Waals surface area contributed by atoms with Crippen molar-refractivity contribution in [1.29, 1.82) is 0 Å². The summed E-state index contributed by atoms with van der Waals surface area (Å²) in [5, 5.41) is 18.0. The second-order valence-corrected chi connectivity index (χ2v) is 5.12. The number of hydrogen-bond donors (Lipinski definition) is 2. The summed E-state index contributed by atoms with van der Waals surface area (Å²) in [5.74, 6) is -0.0682. The molecule has 0 aromatic carbocycles. The molecule has 2 N–H and O–H groups in total. The summed E-state index contributed by atoms with van der Waals surface area (Å²) in [6.45, 7) is 4.44. The Labute approximate surface area is 122 Å². The van der Waals surface area contributed by atoms with Crippen LogP contribution in [0.25, 0.3) is 0 Å². The molecule has 0 spiro atoms. The molecule has 3 heteroatoms. The maximum atomic E-state index is 10.3. The first-order valence-electron chi connectivity index (χ1n) is 7.44. The fraction of sp³-hybridized carbons (Fsp3) is 0.588. The van der Waals surface area contributed by atoms with Gasteiger partial charge in [-0.1, -0.05) is 56.7 Å². The van der Waals surface area contributed by atoms with E-state index in [0.717, 1.165) is 18.8 Å². The van der Waals surface area contributed by atoms with Crippen LogP contribution in [0.2, 0.25) is 0 Å². The maximum absolute atomic E-state index is 10.3. The molecular formula is C17H28O3. The SMILES string of the molecule is CCC(C)C/C=C\C/C=C\C=C\C(O)CCCC(=O)O. The van der Waals surface area contributed by atoms with Crippen LogP contribution in [0.1, 0.15) is 52.4 Å². The number of aliphatic hydroxyl groups is 1. The van der Waals surface area contributed by atoms with Crippen molar-refractivity contribution in [2.24, 2.45) is 5.92 Å². The van der Waals surface area contributed by atoms with E-state index in [1.54, 1.807) is 6.08 Å². The van der Waals surface area contributed by atoms with Gasteiger partial charge in [0.15, 0.2) is 0 Å². The number of aliphatic carboxylic acids is 1. The third-order valence-electron chi connectivity index (χ3n) is 3.15. The van der Waals surface area contributed by atoms with Crippen LogP contribution in [-0.2, 0) is 4.79 Å². The summed E-state index contributed by atoms with van der Waals surface area (Å²) < 4.78 is 0. The average Bonchev–Trinajstić information content (AvgIpc) is 2.40. The predicted octanol–water partition coefficient (Wildman–Crippen LogP) is 4.10. The molecule has 0 aromatic rings. The van der Waals surface area contributed by atoms with Crippen molar-refractivity contribution >= 4 is 5.97 Å². The Balaban J connectivity index is 3.67. The number of aliphatic hydroxyl groups excluding tert-OH is 1. The highest BCUT2D eigenvalue weighted by Gasteiger charge is 2.01. The van der Waals surface area contributed by atoms with Crippen LogP contribution in [0.5, 0.6) is 0 Å². The fourth-order valence-electron chi connectivity index (χ4n) is 1.58. The van der Waals surface area contributed by atoms with E-state index in [1.165, 1.54) is 6.42 Å². The molecule has 0 aliphatic carbocycles. The standard InChI is InChI=1S/C17H28O3/c1-3-15(2)11-8-6-4-5-7-9-12-16(18)13-10-14-17(19)20/h5-9,12,15-16,18H,3-4,10-11,13-14H2,1-2H3,(H,19,20)/b7-5-,8-6-,12-9+. The Morgan fingerprint density at radius 1 is 1.20 bits per heavy atom. The quantitative estimate of drug-likeness (QED) is 0.442.